The van der Waals surface area contributed by atoms with E-state index in [1.54, 1.807) is 0 Å². The zero-order chi connectivity index (χ0) is 24.6. The minimum absolute atomic E-state index is 0.0287. The molecule has 2 fully saturated rings. The Hall–Kier alpha value is -2.69. The van der Waals surface area contributed by atoms with E-state index < -0.39 is 5.41 Å². The molecular formula is C29H30Cl2N2O2. The van der Waals surface area contributed by atoms with Crippen molar-refractivity contribution >= 4 is 34.8 Å². The number of nitrogens with zero attached hydrogens (tertiary/aromatic N) is 2. The molecule has 2 aliphatic rings. The van der Waals surface area contributed by atoms with Crippen LogP contribution in [0.4, 0.5) is 5.69 Å². The molecule has 6 heteroatoms. The summed E-state index contributed by atoms with van der Waals surface area (Å²) in [6, 6.07) is 22.1. The Bertz CT molecular complexity index is 1210. The van der Waals surface area contributed by atoms with Crippen LogP contribution in [0.2, 0.25) is 10.0 Å². The molecule has 0 N–H and O–H groups in total. The molecule has 0 aromatic heterocycles. The first-order chi connectivity index (χ1) is 16.9. The van der Waals surface area contributed by atoms with Gasteiger partial charge in [0.1, 0.15) is 5.75 Å². The summed E-state index contributed by atoms with van der Waals surface area (Å²) in [5, 5.41) is 1.44. The van der Waals surface area contributed by atoms with E-state index >= 15 is 0 Å². The Morgan fingerprint density at radius 3 is 2.29 bits per heavy atom. The summed E-state index contributed by atoms with van der Waals surface area (Å²) in [5.74, 6) is 1.07. The highest BCUT2D eigenvalue weighted by Crippen LogP contribution is 2.50. The number of amides is 1. The number of halogens is 2. The van der Waals surface area contributed by atoms with Crippen LogP contribution in [-0.4, -0.2) is 37.0 Å². The largest absolute Gasteiger partial charge is 0.494 e. The van der Waals surface area contributed by atoms with Crippen molar-refractivity contribution in [2.24, 2.45) is 0 Å². The molecule has 1 aliphatic carbocycles. The lowest BCUT2D eigenvalue weighted by Crippen LogP contribution is -2.53. The van der Waals surface area contributed by atoms with Crippen molar-refractivity contribution in [2.75, 3.05) is 31.1 Å². The molecule has 1 unspecified atom stereocenters. The molecule has 1 heterocycles. The summed E-state index contributed by atoms with van der Waals surface area (Å²) in [7, 11) is 0. The molecular weight excluding hydrogens is 479 g/mol. The van der Waals surface area contributed by atoms with Crippen LogP contribution in [-0.2, 0) is 10.2 Å². The number of carbonyl (C=O) groups excluding carboxylic acids is 1. The average Bonchev–Trinajstić information content (AvgIpc) is 3.67. The molecule has 35 heavy (non-hydrogen) atoms. The second kappa shape index (κ2) is 9.75. The third-order valence-corrected chi connectivity index (χ3v) is 7.75. The third-order valence-electron chi connectivity index (χ3n) is 7.27. The smallest absolute Gasteiger partial charge is 0.233 e. The van der Waals surface area contributed by atoms with E-state index in [2.05, 4.69) is 47.1 Å². The van der Waals surface area contributed by atoms with Crippen LogP contribution in [0.3, 0.4) is 0 Å². The van der Waals surface area contributed by atoms with E-state index in [-0.39, 0.29) is 11.9 Å². The van der Waals surface area contributed by atoms with Crippen molar-refractivity contribution < 1.29 is 9.53 Å². The number of ether oxygens (including phenoxy) is 1. The molecule has 1 saturated heterocycles. The Morgan fingerprint density at radius 2 is 1.66 bits per heavy atom. The topological polar surface area (TPSA) is 32.8 Å². The highest BCUT2D eigenvalue weighted by molar-refractivity contribution is 6.31. The van der Waals surface area contributed by atoms with E-state index in [0.29, 0.717) is 24.7 Å². The normalized spacial score (nSPS) is 18.9. The maximum absolute atomic E-state index is 13.9. The minimum Gasteiger partial charge on any atom is -0.494 e. The SMILES string of the molecule is CCOc1ccc(C2(C(=O)N3CCN(c4ccc(Cl)cc4C)C(c4ccc(Cl)cc4)C3)CC2)cc1. The molecule has 0 spiro atoms. The molecule has 4 nitrogen and oxygen atoms in total. The first-order valence-electron chi connectivity index (χ1n) is 12.2. The predicted molar refractivity (Wildman–Crippen MR) is 143 cm³/mol. The van der Waals surface area contributed by atoms with Gasteiger partial charge >= 0.3 is 0 Å². The standard InChI is InChI=1S/C29H30Cl2N2O2/c1-3-35-25-11-6-22(7-12-25)29(14-15-29)28(34)32-16-17-33(26-13-10-24(31)18-20(26)2)27(19-32)21-4-8-23(30)9-5-21/h4-13,18,27H,3,14-17,19H2,1-2H3. The molecule has 1 atom stereocenters. The van der Waals surface area contributed by atoms with E-state index in [9.17, 15) is 4.79 Å². The number of aryl methyl sites for hydroxylation is 1. The summed E-state index contributed by atoms with van der Waals surface area (Å²) in [6.07, 6.45) is 1.78. The molecule has 182 valence electrons. The Morgan fingerprint density at radius 1 is 0.971 bits per heavy atom. The lowest BCUT2D eigenvalue weighted by Gasteiger charge is -2.44. The molecule has 5 rings (SSSR count). The zero-order valence-electron chi connectivity index (χ0n) is 20.1. The third kappa shape index (κ3) is 4.74. The number of anilines is 1. The van der Waals surface area contributed by atoms with Gasteiger partial charge in [-0.1, -0.05) is 47.5 Å². The number of carbonyl (C=O) groups is 1. The van der Waals surface area contributed by atoms with Crippen molar-refractivity contribution in [3.63, 3.8) is 0 Å². The number of benzene rings is 3. The summed E-state index contributed by atoms with van der Waals surface area (Å²) >= 11 is 12.4. The minimum atomic E-state index is -0.409. The van der Waals surface area contributed by atoms with E-state index in [0.717, 1.165) is 52.5 Å². The van der Waals surface area contributed by atoms with Gasteiger partial charge < -0.3 is 14.5 Å². The summed E-state index contributed by atoms with van der Waals surface area (Å²) in [6.45, 7) is 6.75. The summed E-state index contributed by atoms with van der Waals surface area (Å²) in [5.41, 5.74) is 4.10. The van der Waals surface area contributed by atoms with Crippen LogP contribution in [0.5, 0.6) is 5.75 Å². The fourth-order valence-electron chi connectivity index (χ4n) is 5.26. The highest BCUT2D eigenvalue weighted by atomic mass is 35.5. The van der Waals surface area contributed by atoms with Crippen molar-refractivity contribution in [1.29, 1.82) is 0 Å². The number of hydrogen-bond acceptors (Lipinski definition) is 3. The molecule has 0 bridgehead atoms. The van der Waals surface area contributed by atoms with Gasteiger partial charge in [0, 0.05) is 35.4 Å². The van der Waals surface area contributed by atoms with Crippen LogP contribution in [0.15, 0.2) is 66.7 Å². The van der Waals surface area contributed by atoms with Gasteiger partial charge in [-0.3, -0.25) is 4.79 Å². The fourth-order valence-corrected chi connectivity index (χ4v) is 5.61. The molecule has 1 amide bonds. The summed E-state index contributed by atoms with van der Waals surface area (Å²) in [4.78, 5) is 18.4. The lowest BCUT2D eigenvalue weighted by atomic mass is 9.92. The molecule has 3 aromatic rings. The second-order valence-corrected chi connectivity index (χ2v) is 10.4. The molecule has 1 aliphatic heterocycles. The Balaban J connectivity index is 1.43. The molecule has 0 radical (unpaired) electrons. The zero-order valence-corrected chi connectivity index (χ0v) is 21.6. The lowest BCUT2D eigenvalue weighted by molar-refractivity contribution is -0.134. The van der Waals surface area contributed by atoms with Crippen LogP contribution in [0.1, 0.15) is 42.5 Å². The van der Waals surface area contributed by atoms with Gasteiger partial charge in [-0.15, -0.1) is 0 Å². The Labute approximate surface area is 217 Å². The van der Waals surface area contributed by atoms with Crippen LogP contribution in [0.25, 0.3) is 0 Å². The van der Waals surface area contributed by atoms with Gasteiger partial charge in [-0.25, -0.2) is 0 Å². The predicted octanol–water partition coefficient (Wildman–Crippen LogP) is 6.82. The maximum Gasteiger partial charge on any atom is 0.233 e. The monoisotopic (exact) mass is 508 g/mol. The second-order valence-electron chi connectivity index (χ2n) is 9.48. The van der Waals surface area contributed by atoms with Gasteiger partial charge in [0.2, 0.25) is 5.91 Å². The van der Waals surface area contributed by atoms with Gasteiger partial charge in [0.25, 0.3) is 0 Å². The van der Waals surface area contributed by atoms with Gasteiger partial charge in [0.15, 0.2) is 0 Å². The number of piperazine rings is 1. The van der Waals surface area contributed by atoms with Crippen LogP contribution in [0, 0.1) is 6.92 Å². The van der Waals surface area contributed by atoms with Gasteiger partial charge in [0.05, 0.1) is 18.1 Å². The highest BCUT2D eigenvalue weighted by Gasteiger charge is 2.53. The first kappa shape index (κ1) is 24.0. The van der Waals surface area contributed by atoms with Crippen LogP contribution < -0.4 is 9.64 Å². The van der Waals surface area contributed by atoms with Crippen molar-refractivity contribution in [1.82, 2.24) is 4.90 Å². The molecule has 1 saturated carbocycles. The van der Waals surface area contributed by atoms with Gasteiger partial charge in [-0.05, 0) is 85.8 Å². The van der Waals surface area contributed by atoms with E-state index in [1.807, 2.05) is 43.3 Å². The number of rotatable bonds is 6. The first-order valence-corrected chi connectivity index (χ1v) is 13.0. The quantitative estimate of drug-likeness (QED) is 0.366. The summed E-state index contributed by atoms with van der Waals surface area (Å²) < 4.78 is 5.59. The van der Waals surface area contributed by atoms with E-state index in [4.69, 9.17) is 27.9 Å². The molecule has 3 aromatic carbocycles. The van der Waals surface area contributed by atoms with Crippen LogP contribution >= 0.6 is 23.2 Å². The van der Waals surface area contributed by atoms with Gasteiger partial charge in [-0.2, -0.15) is 0 Å². The maximum atomic E-state index is 13.9. The fraction of sp³-hybridized carbons (Fsp3) is 0.345. The van der Waals surface area contributed by atoms with Crippen molar-refractivity contribution in [3.05, 3.63) is 93.5 Å². The van der Waals surface area contributed by atoms with E-state index in [1.165, 1.54) is 0 Å². The number of hydrogen-bond donors (Lipinski definition) is 0. The van der Waals surface area contributed by atoms with Crippen molar-refractivity contribution in [2.45, 2.75) is 38.1 Å². The average molecular weight is 509 g/mol. The van der Waals surface area contributed by atoms with Crippen molar-refractivity contribution in [3.8, 4) is 5.75 Å². The Kier molecular flexibility index (Phi) is 6.69.